The van der Waals surface area contributed by atoms with E-state index >= 15 is 0 Å². The normalized spacial score (nSPS) is 20.7. The first-order valence-corrected chi connectivity index (χ1v) is 12.1. The second kappa shape index (κ2) is 10.9. The summed E-state index contributed by atoms with van der Waals surface area (Å²) in [6, 6.07) is 14.6. The van der Waals surface area contributed by atoms with Crippen LogP contribution in [0.2, 0.25) is 0 Å². The zero-order chi connectivity index (χ0) is 24.9. The first-order valence-electron chi connectivity index (χ1n) is 12.1. The molecule has 2 aliphatic carbocycles. The molecule has 186 valence electrons. The second-order valence-electron chi connectivity index (χ2n) is 9.23. The lowest BCUT2D eigenvalue weighted by Crippen LogP contribution is -2.57. The number of methoxy groups -OCH3 is 1. The van der Waals surface area contributed by atoms with E-state index in [-0.39, 0.29) is 12.5 Å². The molecule has 1 saturated carbocycles. The van der Waals surface area contributed by atoms with Gasteiger partial charge in [0, 0.05) is 19.1 Å². The van der Waals surface area contributed by atoms with E-state index in [1.54, 1.807) is 6.92 Å². The molecule has 0 saturated heterocycles. The van der Waals surface area contributed by atoms with Gasteiger partial charge in [0.1, 0.15) is 12.6 Å². The van der Waals surface area contributed by atoms with Gasteiger partial charge in [-0.3, -0.25) is 9.59 Å². The van der Waals surface area contributed by atoms with Gasteiger partial charge in [-0.25, -0.2) is 4.79 Å². The van der Waals surface area contributed by atoms with Crippen LogP contribution in [0.1, 0.15) is 49.7 Å². The van der Waals surface area contributed by atoms with Crippen LogP contribution in [0.25, 0.3) is 11.1 Å². The molecule has 2 amide bonds. The third kappa shape index (κ3) is 5.32. The SMILES string of the molecule is CO[C@H](C)[C@H](NC(=O)OCC1c2ccccc2-c2ccccc21)C(=O)N[C@@H]1CCCC[C@@H]1C(=O)O. The van der Waals surface area contributed by atoms with E-state index in [0.717, 1.165) is 35.1 Å². The second-order valence-corrected chi connectivity index (χ2v) is 9.23. The minimum atomic E-state index is -1.02. The Hall–Kier alpha value is -3.39. The fourth-order valence-corrected chi connectivity index (χ4v) is 5.17. The summed E-state index contributed by atoms with van der Waals surface area (Å²) < 4.78 is 10.9. The molecule has 2 aromatic rings. The maximum atomic E-state index is 13.0. The summed E-state index contributed by atoms with van der Waals surface area (Å²) in [5.74, 6) is -2.14. The van der Waals surface area contributed by atoms with Gasteiger partial charge in [-0.05, 0) is 42.0 Å². The van der Waals surface area contributed by atoms with Gasteiger partial charge in [-0.15, -0.1) is 0 Å². The van der Waals surface area contributed by atoms with Crippen molar-refractivity contribution in [3.63, 3.8) is 0 Å². The summed E-state index contributed by atoms with van der Waals surface area (Å²) in [6.45, 7) is 1.79. The fourth-order valence-electron chi connectivity index (χ4n) is 5.17. The third-order valence-corrected chi connectivity index (χ3v) is 7.15. The molecule has 1 fully saturated rings. The average Bonchev–Trinajstić information content (AvgIpc) is 3.19. The lowest BCUT2D eigenvalue weighted by atomic mass is 9.84. The standard InChI is InChI=1S/C27H32N2O6/c1-16(34-2)24(25(30)28-23-14-8-7-13-21(23)26(31)32)29-27(33)35-15-22-19-11-5-3-9-17(19)18-10-4-6-12-20(18)22/h3-6,9-12,16,21-24H,7-8,13-15H2,1-2H3,(H,28,30)(H,29,33)(H,31,32)/t16-,21+,23-,24+/m1/s1. The Balaban J connectivity index is 1.41. The maximum absolute atomic E-state index is 13.0. The van der Waals surface area contributed by atoms with Gasteiger partial charge in [0.2, 0.25) is 5.91 Å². The molecule has 2 aliphatic rings. The van der Waals surface area contributed by atoms with Gasteiger partial charge in [0.25, 0.3) is 0 Å². The number of alkyl carbamates (subject to hydrolysis) is 1. The van der Waals surface area contributed by atoms with E-state index in [0.29, 0.717) is 12.8 Å². The summed E-state index contributed by atoms with van der Waals surface area (Å²) in [5.41, 5.74) is 4.45. The van der Waals surface area contributed by atoms with Gasteiger partial charge < -0.3 is 25.2 Å². The smallest absolute Gasteiger partial charge is 0.407 e. The fraction of sp³-hybridized carbons (Fsp3) is 0.444. The van der Waals surface area contributed by atoms with E-state index in [9.17, 15) is 19.5 Å². The molecule has 8 heteroatoms. The Morgan fingerprint density at radius 2 is 1.60 bits per heavy atom. The number of carbonyl (C=O) groups excluding carboxylic acids is 2. The molecule has 35 heavy (non-hydrogen) atoms. The molecule has 3 N–H and O–H groups in total. The first-order chi connectivity index (χ1) is 16.9. The van der Waals surface area contributed by atoms with Gasteiger partial charge in [-0.2, -0.15) is 0 Å². The van der Waals surface area contributed by atoms with Gasteiger partial charge in [0.15, 0.2) is 0 Å². The van der Waals surface area contributed by atoms with Crippen LogP contribution in [-0.4, -0.2) is 55.0 Å². The predicted octanol–water partition coefficient (Wildman–Crippen LogP) is 3.69. The van der Waals surface area contributed by atoms with Crippen molar-refractivity contribution in [2.45, 2.75) is 56.7 Å². The highest BCUT2D eigenvalue weighted by Crippen LogP contribution is 2.44. The minimum Gasteiger partial charge on any atom is -0.481 e. The number of hydrogen-bond donors (Lipinski definition) is 3. The molecular formula is C27H32N2O6. The monoisotopic (exact) mass is 480 g/mol. The number of nitrogens with one attached hydrogen (secondary N) is 2. The van der Waals surface area contributed by atoms with E-state index in [2.05, 4.69) is 22.8 Å². The van der Waals surface area contributed by atoms with Crippen molar-refractivity contribution in [2.24, 2.45) is 5.92 Å². The predicted molar refractivity (Wildman–Crippen MR) is 130 cm³/mol. The molecule has 4 rings (SSSR count). The van der Waals surface area contributed by atoms with Crippen molar-refractivity contribution in [1.29, 1.82) is 0 Å². The lowest BCUT2D eigenvalue weighted by Gasteiger charge is -2.31. The van der Waals surface area contributed by atoms with Gasteiger partial charge >= 0.3 is 12.1 Å². The Kier molecular flexibility index (Phi) is 7.70. The van der Waals surface area contributed by atoms with E-state index < -0.39 is 42.1 Å². The third-order valence-electron chi connectivity index (χ3n) is 7.15. The largest absolute Gasteiger partial charge is 0.481 e. The maximum Gasteiger partial charge on any atom is 0.407 e. The average molecular weight is 481 g/mol. The molecular weight excluding hydrogens is 448 g/mol. The molecule has 0 aliphatic heterocycles. The highest BCUT2D eigenvalue weighted by Gasteiger charge is 2.36. The Bertz CT molecular complexity index is 1040. The molecule has 0 spiro atoms. The number of amides is 2. The van der Waals surface area contributed by atoms with Crippen LogP contribution in [0, 0.1) is 5.92 Å². The molecule has 8 nitrogen and oxygen atoms in total. The van der Waals surface area contributed by atoms with Crippen LogP contribution in [-0.2, 0) is 19.1 Å². The molecule has 0 radical (unpaired) electrons. The van der Waals surface area contributed by atoms with Gasteiger partial charge in [0.05, 0.1) is 12.0 Å². The molecule has 0 unspecified atom stereocenters. The molecule has 0 aromatic heterocycles. The topological polar surface area (TPSA) is 114 Å². The Morgan fingerprint density at radius 3 is 2.20 bits per heavy atom. The molecule has 0 heterocycles. The molecule has 0 bridgehead atoms. The summed E-state index contributed by atoms with van der Waals surface area (Å²) in [7, 11) is 1.45. The number of benzene rings is 2. The zero-order valence-electron chi connectivity index (χ0n) is 20.0. The van der Waals surface area contributed by atoms with Crippen LogP contribution in [0.15, 0.2) is 48.5 Å². The van der Waals surface area contributed by atoms with E-state index in [4.69, 9.17) is 9.47 Å². The van der Waals surface area contributed by atoms with Crippen LogP contribution >= 0.6 is 0 Å². The number of carboxylic acid groups (broad SMARTS) is 1. The van der Waals surface area contributed by atoms with Crippen molar-refractivity contribution in [3.8, 4) is 11.1 Å². The highest BCUT2D eigenvalue weighted by molar-refractivity contribution is 5.87. The Morgan fingerprint density at radius 1 is 1.00 bits per heavy atom. The quantitative estimate of drug-likeness (QED) is 0.531. The highest BCUT2D eigenvalue weighted by atomic mass is 16.5. The number of aliphatic carboxylic acids is 1. The van der Waals surface area contributed by atoms with Crippen LogP contribution < -0.4 is 10.6 Å². The van der Waals surface area contributed by atoms with E-state index in [1.165, 1.54) is 7.11 Å². The first kappa shape index (κ1) is 24.7. The number of carboxylic acids is 1. The number of fused-ring (bicyclic) bond motifs is 3. The van der Waals surface area contributed by atoms with Crippen molar-refractivity contribution in [1.82, 2.24) is 10.6 Å². The van der Waals surface area contributed by atoms with Crippen molar-refractivity contribution < 1.29 is 29.0 Å². The van der Waals surface area contributed by atoms with Crippen molar-refractivity contribution >= 4 is 18.0 Å². The summed E-state index contributed by atoms with van der Waals surface area (Å²) in [4.78, 5) is 37.4. The number of rotatable bonds is 8. The Labute approximate surface area is 205 Å². The van der Waals surface area contributed by atoms with Crippen LogP contribution in [0.4, 0.5) is 4.79 Å². The van der Waals surface area contributed by atoms with Crippen molar-refractivity contribution in [3.05, 3.63) is 59.7 Å². The van der Waals surface area contributed by atoms with Crippen LogP contribution in [0.3, 0.4) is 0 Å². The van der Waals surface area contributed by atoms with Gasteiger partial charge in [-0.1, -0.05) is 61.4 Å². The number of ether oxygens (including phenoxy) is 2. The van der Waals surface area contributed by atoms with Crippen LogP contribution in [0.5, 0.6) is 0 Å². The summed E-state index contributed by atoms with van der Waals surface area (Å²) in [5, 5.41) is 15.0. The lowest BCUT2D eigenvalue weighted by molar-refractivity contribution is -0.144. The summed E-state index contributed by atoms with van der Waals surface area (Å²) in [6.07, 6.45) is 1.40. The zero-order valence-corrected chi connectivity index (χ0v) is 20.0. The number of hydrogen-bond acceptors (Lipinski definition) is 5. The molecule has 2 aromatic carbocycles. The number of carbonyl (C=O) groups is 3. The van der Waals surface area contributed by atoms with Crippen molar-refractivity contribution in [2.75, 3.05) is 13.7 Å². The molecule has 4 atom stereocenters. The summed E-state index contributed by atoms with van der Waals surface area (Å²) >= 11 is 0. The van der Waals surface area contributed by atoms with E-state index in [1.807, 2.05) is 36.4 Å². The minimum absolute atomic E-state index is 0.0983.